The summed E-state index contributed by atoms with van der Waals surface area (Å²) in [5.41, 5.74) is 0.376. The number of hydrogen-bond donors (Lipinski definition) is 2. The molecule has 0 bridgehead atoms. The van der Waals surface area contributed by atoms with Gasteiger partial charge in [0.15, 0.2) is 0 Å². The van der Waals surface area contributed by atoms with Crippen LogP contribution in [-0.2, 0) is 25.3 Å². The van der Waals surface area contributed by atoms with Crippen molar-refractivity contribution in [1.82, 2.24) is 4.72 Å². The Morgan fingerprint density at radius 1 is 1.27 bits per heavy atom. The number of carboxylic acid groups (broad SMARTS) is 1. The van der Waals surface area contributed by atoms with Gasteiger partial charge in [-0.2, -0.15) is 0 Å². The first kappa shape index (κ1) is 18.1. The summed E-state index contributed by atoms with van der Waals surface area (Å²) >= 11 is 0. The van der Waals surface area contributed by atoms with Crippen molar-refractivity contribution in [1.29, 1.82) is 0 Å². The van der Waals surface area contributed by atoms with Crippen molar-refractivity contribution >= 4 is 22.0 Å². The fourth-order valence-electron chi connectivity index (χ4n) is 1.87. The van der Waals surface area contributed by atoms with E-state index >= 15 is 0 Å². The highest BCUT2D eigenvalue weighted by Crippen LogP contribution is 2.14. The van der Waals surface area contributed by atoms with Crippen LogP contribution in [0.25, 0.3) is 0 Å². The van der Waals surface area contributed by atoms with Crippen molar-refractivity contribution in [3.63, 3.8) is 0 Å². The largest absolute Gasteiger partial charge is 0.480 e. The minimum atomic E-state index is -3.93. The van der Waals surface area contributed by atoms with Crippen LogP contribution in [0.4, 0.5) is 0 Å². The number of esters is 1. The quantitative estimate of drug-likeness (QED) is 0.722. The maximum atomic E-state index is 12.2. The third-order valence-corrected chi connectivity index (χ3v) is 4.31. The fraction of sp³-hybridized carbons (Fsp3) is 0.429. The molecule has 0 saturated carbocycles. The number of carbonyl (C=O) groups excluding carboxylic acids is 1. The molecular weight excluding hydrogens is 310 g/mol. The molecule has 0 amide bonds. The molecule has 0 saturated heterocycles. The number of hydrogen-bond acceptors (Lipinski definition) is 5. The predicted molar refractivity (Wildman–Crippen MR) is 79.8 cm³/mol. The molecular formula is C14H19NO6S. The number of carboxylic acids is 1. The SMILES string of the molecule is COC(=O)c1ccccc1CS(=O)(=O)NC(C(=O)O)C(C)C. The van der Waals surface area contributed by atoms with E-state index in [1.807, 2.05) is 0 Å². The number of carbonyl (C=O) groups is 2. The Kier molecular flexibility index (Phi) is 6.07. The van der Waals surface area contributed by atoms with Crippen molar-refractivity contribution in [2.45, 2.75) is 25.6 Å². The Morgan fingerprint density at radius 2 is 1.86 bits per heavy atom. The molecule has 1 atom stereocenters. The third kappa shape index (κ3) is 4.81. The molecule has 122 valence electrons. The van der Waals surface area contributed by atoms with Gasteiger partial charge in [-0.25, -0.2) is 17.9 Å². The van der Waals surface area contributed by atoms with Crippen molar-refractivity contribution in [3.8, 4) is 0 Å². The van der Waals surface area contributed by atoms with Crippen molar-refractivity contribution in [2.75, 3.05) is 7.11 Å². The molecule has 0 fully saturated rings. The van der Waals surface area contributed by atoms with E-state index in [0.717, 1.165) is 0 Å². The van der Waals surface area contributed by atoms with Gasteiger partial charge < -0.3 is 9.84 Å². The van der Waals surface area contributed by atoms with Crippen LogP contribution < -0.4 is 4.72 Å². The average Bonchev–Trinajstić information content (AvgIpc) is 2.43. The van der Waals surface area contributed by atoms with Crippen LogP contribution >= 0.6 is 0 Å². The molecule has 1 aromatic rings. The van der Waals surface area contributed by atoms with E-state index in [9.17, 15) is 18.0 Å². The summed E-state index contributed by atoms with van der Waals surface area (Å²) in [6.07, 6.45) is 0. The summed E-state index contributed by atoms with van der Waals surface area (Å²) in [7, 11) is -2.73. The molecule has 0 heterocycles. The first-order valence-electron chi connectivity index (χ1n) is 6.57. The lowest BCUT2D eigenvalue weighted by Crippen LogP contribution is -2.44. The van der Waals surface area contributed by atoms with Crippen LogP contribution in [0, 0.1) is 5.92 Å². The predicted octanol–water partition coefficient (Wildman–Crippen LogP) is 1.00. The van der Waals surface area contributed by atoms with Gasteiger partial charge in [0.1, 0.15) is 6.04 Å². The molecule has 1 unspecified atom stereocenters. The molecule has 2 N–H and O–H groups in total. The summed E-state index contributed by atoms with van der Waals surface area (Å²) in [5.74, 6) is -2.82. The van der Waals surface area contributed by atoms with E-state index in [1.165, 1.54) is 19.2 Å². The van der Waals surface area contributed by atoms with Gasteiger partial charge in [0.2, 0.25) is 10.0 Å². The molecule has 0 aliphatic heterocycles. The van der Waals surface area contributed by atoms with E-state index in [-0.39, 0.29) is 11.1 Å². The lowest BCUT2D eigenvalue weighted by Gasteiger charge is -2.18. The number of rotatable bonds is 7. The van der Waals surface area contributed by atoms with E-state index in [2.05, 4.69) is 9.46 Å². The Bertz CT molecular complexity index is 653. The van der Waals surface area contributed by atoms with Crippen LogP contribution in [0.5, 0.6) is 0 Å². The van der Waals surface area contributed by atoms with Crippen molar-refractivity contribution in [2.24, 2.45) is 5.92 Å². The summed E-state index contributed by atoms with van der Waals surface area (Å²) in [5, 5.41) is 9.05. The smallest absolute Gasteiger partial charge is 0.338 e. The molecule has 22 heavy (non-hydrogen) atoms. The molecule has 0 aliphatic carbocycles. The highest BCUT2D eigenvalue weighted by Gasteiger charge is 2.28. The van der Waals surface area contributed by atoms with Crippen LogP contribution in [0.15, 0.2) is 24.3 Å². The summed E-state index contributed by atoms with van der Waals surface area (Å²) < 4.78 is 31.1. The Hall–Kier alpha value is -1.93. The molecule has 8 heteroatoms. The number of benzene rings is 1. The first-order valence-corrected chi connectivity index (χ1v) is 8.22. The molecule has 0 aliphatic rings. The molecule has 0 spiro atoms. The summed E-state index contributed by atoms with van der Waals surface area (Å²) in [4.78, 5) is 22.7. The maximum Gasteiger partial charge on any atom is 0.338 e. The van der Waals surface area contributed by atoms with Crippen LogP contribution in [0.3, 0.4) is 0 Å². The Labute approximate surface area is 129 Å². The summed E-state index contributed by atoms with van der Waals surface area (Å²) in [6.45, 7) is 3.20. The molecule has 0 aromatic heterocycles. The van der Waals surface area contributed by atoms with Crippen LogP contribution in [0.1, 0.15) is 29.8 Å². The molecule has 7 nitrogen and oxygen atoms in total. The summed E-state index contributed by atoms with van der Waals surface area (Å²) in [6, 6.07) is 4.89. The minimum absolute atomic E-state index is 0.131. The normalized spacial score (nSPS) is 12.9. The Morgan fingerprint density at radius 3 is 2.36 bits per heavy atom. The lowest BCUT2D eigenvalue weighted by atomic mass is 10.1. The highest BCUT2D eigenvalue weighted by atomic mass is 32.2. The average molecular weight is 329 g/mol. The number of sulfonamides is 1. The maximum absolute atomic E-state index is 12.2. The van der Waals surface area contributed by atoms with Gasteiger partial charge in [0.05, 0.1) is 18.4 Å². The standard InChI is InChI=1S/C14H19NO6S/c1-9(2)12(13(16)17)15-22(19,20)8-10-6-4-5-7-11(10)14(18)21-3/h4-7,9,12,15H,8H2,1-3H3,(H,16,17). The van der Waals surface area contributed by atoms with Gasteiger partial charge in [-0.05, 0) is 17.5 Å². The number of methoxy groups -OCH3 is 1. The van der Waals surface area contributed by atoms with Crippen LogP contribution in [-0.4, -0.2) is 38.6 Å². The van der Waals surface area contributed by atoms with E-state index in [0.29, 0.717) is 0 Å². The van der Waals surface area contributed by atoms with Gasteiger partial charge in [-0.3, -0.25) is 4.79 Å². The lowest BCUT2D eigenvalue weighted by molar-refractivity contribution is -0.140. The molecule has 1 rings (SSSR count). The second-order valence-electron chi connectivity index (χ2n) is 5.09. The van der Waals surface area contributed by atoms with Gasteiger partial charge in [-0.1, -0.05) is 32.0 Å². The second-order valence-corrected chi connectivity index (χ2v) is 6.84. The minimum Gasteiger partial charge on any atom is -0.480 e. The molecule has 0 radical (unpaired) electrons. The number of nitrogens with one attached hydrogen (secondary N) is 1. The molecule has 1 aromatic carbocycles. The zero-order chi connectivity index (χ0) is 16.9. The van der Waals surface area contributed by atoms with E-state index < -0.39 is 39.7 Å². The van der Waals surface area contributed by atoms with Gasteiger partial charge >= 0.3 is 11.9 Å². The number of aliphatic carboxylic acids is 1. The zero-order valence-electron chi connectivity index (χ0n) is 12.6. The fourth-order valence-corrected chi connectivity index (χ4v) is 3.37. The van der Waals surface area contributed by atoms with Gasteiger partial charge in [-0.15, -0.1) is 0 Å². The van der Waals surface area contributed by atoms with Crippen molar-refractivity contribution in [3.05, 3.63) is 35.4 Å². The number of ether oxygens (including phenoxy) is 1. The monoisotopic (exact) mass is 329 g/mol. The highest BCUT2D eigenvalue weighted by molar-refractivity contribution is 7.88. The zero-order valence-corrected chi connectivity index (χ0v) is 13.4. The topological polar surface area (TPSA) is 110 Å². The second kappa shape index (κ2) is 7.37. The first-order chi connectivity index (χ1) is 10.2. The van der Waals surface area contributed by atoms with E-state index in [4.69, 9.17) is 5.11 Å². The Balaban J connectivity index is 3.03. The van der Waals surface area contributed by atoms with Gasteiger partial charge in [0.25, 0.3) is 0 Å². The van der Waals surface area contributed by atoms with E-state index in [1.54, 1.807) is 26.0 Å². The van der Waals surface area contributed by atoms with Crippen molar-refractivity contribution < 1.29 is 27.9 Å². The van der Waals surface area contributed by atoms with Gasteiger partial charge in [0, 0.05) is 0 Å². The third-order valence-electron chi connectivity index (χ3n) is 3.01. The van der Waals surface area contributed by atoms with Crippen LogP contribution in [0.2, 0.25) is 0 Å².